The summed E-state index contributed by atoms with van der Waals surface area (Å²) in [6.07, 6.45) is 8.67. The quantitative estimate of drug-likeness (QED) is 0.354. The highest BCUT2D eigenvalue weighted by molar-refractivity contribution is 5.51. The summed E-state index contributed by atoms with van der Waals surface area (Å²) < 4.78 is 0. The lowest BCUT2D eigenvalue weighted by atomic mass is 9.71. The van der Waals surface area contributed by atoms with E-state index in [1.165, 1.54) is 12.8 Å². The van der Waals surface area contributed by atoms with Gasteiger partial charge in [0.05, 0.1) is 0 Å². The number of phenolic OH excluding ortho intramolecular Hbond substituents is 2. The maximum atomic E-state index is 11.0. The van der Waals surface area contributed by atoms with Crippen molar-refractivity contribution in [1.82, 2.24) is 0 Å². The van der Waals surface area contributed by atoms with Crippen LogP contribution in [0.1, 0.15) is 118 Å². The van der Waals surface area contributed by atoms with Gasteiger partial charge < -0.3 is 10.2 Å². The summed E-state index contributed by atoms with van der Waals surface area (Å²) in [7, 11) is 0. The molecule has 2 N–H and O–H groups in total. The number of rotatable bonds is 12. The Morgan fingerprint density at radius 1 is 0.714 bits per heavy atom. The molecule has 2 unspecified atom stereocenters. The number of phenols is 2. The van der Waals surface area contributed by atoms with Crippen molar-refractivity contribution >= 4 is 0 Å². The summed E-state index contributed by atoms with van der Waals surface area (Å²) in [4.78, 5) is 0. The van der Waals surface area contributed by atoms with E-state index < -0.39 is 0 Å². The van der Waals surface area contributed by atoms with Crippen LogP contribution in [-0.2, 0) is 10.8 Å². The lowest BCUT2D eigenvalue weighted by Crippen LogP contribution is -2.24. The van der Waals surface area contributed by atoms with E-state index in [0.29, 0.717) is 23.3 Å². The zero-order valence-electron chi connectivity index (χ0n) is 19.9. The van der Waals surface area contributed by atoms with Crippen LogP contribution in [0.2, 0.25) is 0 Å². The Kier molecular flexibility index (Phi) is 9.37. The Hall–Kier alpha value is -1.18. The molecule has 0 aromatic heterocycles. The van der Waals surface area contributed by atoms with Crippen LogP contribution < -0.4 is 0 Å². The highest BCUT2D eigenvalue weighted by atomic mass is 16.3. The summed E-state index contributed by atoms with van der Waals surface area (Å²) in [5.41, 5.74) is 1.60. The average molecular weight is 391 g/mol. The molecule has 0 radical (unpaired) electrons. The monoisotopic (exact) mass is 390 g/mol. The average Bonchev–Trinajstić information content (AvgIpc) is 2.62. The summed E-state index contributed by atoms with van der Waals surface area (Å²) in [5.74, 6) is 2.10. The Balaban J connectivity index is 3.16. The van der Waals surface area contributed by atoms with E-state index in [1.807, 2.05) is 12.1 Å². The van der Waals surface area contributed by atoms with Gasteiger partial charge in [0.1, 0.15) is 11.5 Å². The highest BCUT2D eigenvalue weighted by Gasteiger charge is 2.32. The molecule has 0 amide bonds. The third-order valence-electron chi connectivity index (χ3n) is 7.00. The van der Waals surface area contributed by atoms with Gasteiger partial charge in [0.15, 0.2) is 0 Å². The normalized spacial score (nSPS) is 16.4. The van der Waals surface area contributed by atoms with E-state index >= 15 is 0 Å². The van der Waals surface area contributed by atoms with Crippen LogP contribution in [0.15, 0.2) is 12.1 Å². The van der Waals surface area contributed by atoms with Gasteiger partial charge >= 0.3 is 0 Å². The van der Waals surface area contributed by atoms with Crippen molar-refractivity contribution in [3.63, 3.8) is 0 Å². The van der Waals surface area contributed by atoms with Gasteiger partial charge in [-0.2, -0.15) is 0 Å². The maximum absolute atomic E-state index is 11.0. The van der Waals surface area contributed by atoms with Crippen molar-refractivity contribution in [3.8, 4) is 11.5 Å². The molecule has 0 spiro atoms. The zero-order chi connectivity index (χ0) is 21.5. The van der Waals surface area contributed by atoms with Crippen molar-refractivity contribution in [2.24, 2.45) is 11.8 Å². The molecule has 0 saturated heterocycles. The number of aromatic hydroxyl groups is 2. The highest BCUT2D eigenvalue weighted by Crippen LogP contribution is 2.46. The van der Waals surface area contributed by atoms with Gasteiger partial charge in [-0.15, -0.1) is 0 Å². The summed E-state index contributed by atoms with van der Waals surface area (Å²) in [6, 6.07) is 3.72. The number of hydrogen-bond donors (Lipinski definition) is 2. The smallest absolute Gasteiger partial charge is 0.119 e. The van der Waals surface area contributed by atoms with E-state index in [4.69, 9.17) is 0 Å². The van der Waals surface area contributed by atoms with Crippen LogP contribution in [0.3, 0.4) is 0 Å². The van der Waals surface area contributed by atoms with Gasteiger partial charge in [0.25, 0.3) is 0 Å². The Labute approximate surface area is 174 Å². The van der Waals surface area contributed by atoms with Crippen LogP contribution in [0.5, 0.6) is 11.5 Å². The van der Waals surface area contributed by atoms with Crippen molar-refractivity contribution in [1.29, 1.82) is 0 Å². The minimum Gasteiger partial charge on any atom is -0.508 e. The first-order valence-corrected chi connectivity index (χ1v) is 11.6. The van der Waals surface area contributed by atoms with Crippen molar-refractivity contribution in [2.75, 3.05) is 0 Å². The third-order valence-corrected chi connectivity index (χ3v) is 7.00. The molecule has 0 heterocycles. The van der Waals surface area contributed by atoms with Crippen LogP contribution >= 0.6 is 0 Å². The molecule has 1 rings (SSSR count). The standard InChI is InChI=1S/C26H46O2/c1-9-25(7,15-11-13-19(3)4)21-17-24(28)22(18-23(21)27)26(8,10-2)16-12-14-20(5)6/h17-20,27-28H,9-16H2,1-8H3. The molecule has 0 fully saturated rings. The lowest BCUT2D eigenvalue weighted by Gasteiger charge is -2.34. The van der Waals surface area contributed by atoms with E-state index in [9.17, 15) is 10.2 Å². The Bertz CT molecular complexity index is 551. The van der Waals surface area contributed by atoms with Gasteiger partial charge in [-0.1, -0.05) is 81.1 Å². The van der Waals surface area contributed by atoms with Gasteiger partial charge in [0, 0.05) is 11.1 Å². The van der Waals surface area contributed by atoms with E-state index in [1.54, 1.807) is 0 Å². The Morgan fingerprint density at radius 2 is 1.04 bits per heavy atom. The van der Waals surface area contributed by atoms with Crippen molar-refractivity contribution in [3.05, 3.63) is 23.3 Å². The second kappa shape index (κ2) is 10.6. The largest absolute Gasteiger partial charge is 0.508 e. The molecule has 28 heavy (non-hydrogen) atoms. The molecule has 162 valence electrons. The first-order valence-electron chi connectivity index (χ1n) is 11.6. The molecule has 2 atom stereocenters. The fourth-order valence-corrected chi connectivity index (χ4v) is 4.35. The fraction of sp³-hybridized carbons (Fsp3) is 0.769. The predicted octanol–water partition coefficient (Wildman–Crippen LogP) is 8.09. The molecule has 0 saturated carbocycles. The molecule has 1 aromatic carbocycles. The zero-order valence-corrected chi connectivity index (χ0v) is 19.9. The minimum atomic E-state index is -0.102. The van der Waals surface area contributed by atoms with Crippen molar-refractivity contribution < 1.29 is 10.2 Å². The van der Waals surface area contributed by atoms with Crippen LogP contribution in [-0.4, -0.2) is 10.2 Å². The maximum Gasteiger partial charge on any atom is 0.119 e. The SMILES string of the molecule is CCC(C)(CCCC(C)C)c1cc(O)c(C(C)(CC)CCCC(C)C)cc1O. The molecule has 0 aliphatic rings. The van der Waals surface area contributed by atoms with Crippen LogP contribution in [0.25, 0.3) is 0 Å². The number of hydrogen-bond acceptors (Lipinski definition) is 2. The van der Waals surface area contributed by atoms with Gasteiger partial charge in [0.2, 0.25) is 0 Å². The van der Waals surface area contributed by atoms with Crippen molar-refractivity contribution in [2.45, 2.75) is 118 Å². The first-order chi connectivity index (χ1) is 13.0. The summed E-state index contributed by atoms with van der Waals surface area (Å²) in [5, 5.41) is 21.9. The molecule has 0 aliphatic heterocycles. The molecule has 1 aromatic rings. The van der Waals surface area contributed by atoms with Gasteiger partial charge in [-0.05, 0) is 60.5 Å². The summed E-state index contributed by atoms with van der Waals surface area (Å²) in [6.45, 7) is 17.8. The number of benzene rings is 1. The van der Waals surface area contributed by atoms with E-state index in [0.717, 1.165) is 49.7 Å². The van der Waals surface area contributed by atoms with E-state index in [-0.39, 0.29) is 10.8 Å². The molecular formula is C26H46O2. The lowest BCUT2D eigenvalue weighted by molar-refractivity contribution is 0.344. The third kappa shape index (κ3) is 6.42. The fourth-order valence-electron chi connectivity index (χ4n) is 4.35. The molecular weight excluding hydrogens is 344 g/mol. The topological polar surface area (TPSA) is 40.5 Å². The second-order valence-electron chi connectivity index (χ2n) is 10.3. The minimum absolute atomic E-state index is 0.102. The van der Waals surface area contributed by atoms with Gasteiger partial charge in [-0.3, -0.25) is 0 Å². The second-order valence-corrected chi connectivity index (χ2v) is 10.3. The van der Waals surface area contributed by atoms with Crippen LogP contribution in [0.4, 0.5) is 0 Å². The first kappa shape index (κ1) is 24.9. The van der Waals surface area contributed by atoms with Crippen LogP contribution in [0, 0.1) is 11.8 Å². The molecule has 2 heteroatoms. The molecule has 0 bridgehead atoms. The molecule has 2 nitrogen and oxygen atoms in total. The summed E-state index contributed by atoms with van der Waals surface area (Å²) >= 11 is 0. The Morgan fingerprint density at radius 3 is 1.29 bits per heavy atom. The predicted molar refractivity (Wildman–Crippen MR) is 122 cm³/mol. The van der Waals surface area contributed by atoms with Gasteiger partial charge in [-0.25, -0.2) is 0 Å². The molecule has 0 aliphatic carbocycles. The van der Waals surface area contributed by atoms with E-state index in [2.05, 4.69) is 55.4 Å².